The van der Waals surface area contributed by atoms with E-state index in [9.17, 15) is 78.3 Å². The molecule has 33 heteroatoms. The van der Waals surface area contributed by atoms with Crippen molar-refractivity contribution in [3.63, 3.8) is 0 Å². The molecule has 133 heavy (non-hydrogen) atoms. The first-order chi connectivity index (χ1) is 62.6. The first kappa shape index (κ1) is 102. The standard InChI is InChI=1S/C27H24F3NO5.C26H25Cl2NO4.C24H23F2N3O3.C23H20F3N3O3/c1-27(2,3)36-23(32)15-31(25(33)24-21(29)13-19(28)14-22(24)30)20-10-6-8-17(12-20)16-7-5-9-18(11-16)26(34)35-4;1-26(2,3)33-23(30)16-29(25(31)24-21(27)13-8-14-22(24)28)19-11-7-12-20(15-19)32-17-18-9-5-4-6-10-18;1-15-27-12-11-20(28-15)16-7-5-8-17(13-16)29(14-21(30)32-24(2,3)4)23(31)22-18(25)9-6-10-19(22)26;1-23(2,3)32-20(30)12-29(22(31)21-18(25)8-16(24)9-19(21)26)17-6-4-5-14(7-17)15-10-27-13-28-11-15/h5-14H,15H2,1-4H3;4-15H,16-17H2,1-3H3;5-13H,14H2,1-4H3;4-11,13H,12H2,1-3H3. The number of esters is 5. The molecule has 12 rings (SSSR count). The van der Waals surface area contributed by atoms with E-state index in [0.717, 1.165) is 38.5 Å². The Labute approximate surface area is 772 Å². The van der Waals surface area contributed by atoms with Crippen molar-refractivity contribution >= 4 is 99.4 Å². The summed E-state index contributed by atoms with van der Waals surface area (Å²) in [7, 11) is 1.25. The number of carbonyl (C=O) groups is 9. The van der Waals surface area contributed by atoms with Crippen LogP contribution in [0.3, 0.4) is 0 Å². The number of hydrogen-bond acceptors (Lipinski definition) is 19. The van der Waals surface area contributed by atoms with Gasteiger partial charge in [-0.3, -0.25) is 58.0 Å². The highest BCUT2D eigenvalue weighted by Crippen LogP contribution is 2.35. The van der Waals surface area contributed by atoms with Crippen LogP contribution in [0.1, 0.15) is 146 Å². The largest absolute Gasteiger partial charge is 0.489 e. The number of anilines is 4. The molecule has 0 aliphatic rings. The molecule has 4 amide bonds. The van der Waals surface area contributed by atoms with Gasteiger partial charge < -0.3 is 28.4 Å². The molecule has 692 valence electrons. The van der Waals surface area contributed by atoms with Crippen LogP contribution in [0.2, 0.25) is 10.0 Å². The molecule has 0 saturated heterocycles. The zero-order valence-corrected chi connectivity index (χ0v) is 76.1. The van der Waals surface area contributed by atoms with Crippen LogP contribution in [0, 0.1) is 53.5 Å². The number of rotatable bonds is 23. The predicted octanol–water partition coefficient (Wildman–Crippen LogP) is 21.4. The number of methoxy groups -OCH3 is 1. The van der Waals surface area contributed by atoms with E-state index in [0.29, 0.717) is 81.6 Å². The summed E-state index contributed by atoms with van der Waals surface area (Å²) in [6.45, 7) is 20.1. The molecule has 0 atom stereocenters. The number of ether oxygens (including phenoxy) is 6. The fraction of sp³-hybridized carbons (Fsp3) is 0.230. The number of aryl methyl sites for hydroxylation is 1. The molecule has 0 radical (unpaired) electrons. The highest BCUT2D eigenvalue weighted by Gasteiger charge is 2.35. The lowest BCUT2D eigenvalue weighted by atomic mass is 10.0. The van der Waals surface area contributed by atoms with Crippen LogP contribution in [0.15, 0.2) is 243 Å². The lowest BCUT2D eigenvalue weighted by Crippen LogP contribution is -2.39. The minimum absolute atomic E-state index is 0.111. The molecule has 0 saturated carbocycles. The van der Waals surface area contributed by atoms with E-state index in [1.807, 2.05) is 30.3 Å². The Hall–Kier alpha value is -14.6. The van der Waals surface area contributed by atoms with Crippen molar-refractivity contribution in [1.29, 1.82) is 0 Å². The molecule has 0 aliphatic carbocycles. The van der Waals surface area contributed by atoms with Crippen molar-refractivity contribution in [1.82, 2.24) is 19.9 Å². The monoisotopic (exact) mass is 1870 g/mol. The van der Waals surface area contributed by atoms with Crippen molar-refractivity contribution < 1.29 is 107 Å². The van der Waals surface area contributed by atoms with Crippen LogP contribution in [-0.4, -0.2) is 129 Å². The Balaban J connectivity index is 0.000000200. The third-order valence-electron chi connectivity index (χ3n) is 18.0. The molecule has 0 bridgehead atoms. The highest BCUT2D eigenvalue weighted by atomic mass is 35.5. The second-order valence-corrected chi connectivity index (χ2v) is 34.0. The van der Waals surface area contributed by atoms with Gasteiger partial charge in [0.2, 0.25) is 0 Å². The van der Waals surface area contributed by atoms with Crippen molar-refractivity contribution in [2.24, 2.45) is 0 Å². The third-order valence-corrected chi connectivity index (χ3v) is 18.7. The number of halogens is 10. The van der Waals surface area contributed by atoms with E-state index < -0.39 is 159 Å². The van der Waals surface area contributed by atoms with E-state index in [-0.39, 0.29) is 44.8 Å². The Kier molecular flexibility index (Phi) is 34.8. The predicted molar refractivity (Wildman–Crippen MR) is 486 cm³/mol. The molecule has 2 aromatic heterocycles. The SMILES string of the molecule is CC(C)(C)OC(=O)CN(C(=O)c1c(Cl)cccc1Cl)c1cccc(OCc2ccccc2)c1.CC(C)(C)OC(=O)CN(C(=O)c1c(F)cc(F)cc1F)c1cccc(-c2cncnc2)c1.COC(=O)c1cccc(-c2cccc(N(CC(=O)OC(C)(C)C)C(=O)c3c(F)cc(F)cc3F)c2)c1.Cc1nccc(-c2cccc(N(CC(=O)OC(C)(C)C)C(=O)c3c(F)cccc3F)c2)n1. The van der Waals surface area contributed by atoms with E-state index in [4.69, 9.17) is 51.6 Å². The molecule has 0 spiro atoms. The Bertz CT molecular complexity index is 6170. The average Bonchev–Trinajstić information content (AvgIpc) is 0.741. The molecule has 0 fully saturated rings. The smallest absolute Gasteiger partial charge is 0.337 e. The molecule has 2 heterocycles. The third kappa shape index (κ3) is 30.0. The van der Waals surface area contributed by atoms with E-state index in [1.54, 1.807) is 236 Å². The summed E-state index contributed by atoms with van der Waals surface area (Å²) in [6, 6.07) is 53.6. The van der Waals surface area contributed by atoms with Gasteiger partial charge in [-0.2, -0.15) is 0 Å². The first-order valence-corrected chi connectivity index (χ1v) is 41.5. The number of aromatic nitrogens is 4. The van der Waals surface area contributed by atoms with Gasteiger partial charge in [-0.1, -0.05) is 120 Å². The topological polar surface area (TPSA) is 274 Å². The van der Waals surface area contributed by atoms with E-state index in [2.05, 4.69) is 19.9 Å². The van der Waals surface area contributed by atoms with E-state index >= 15 is 0 Å². The van der Waals surface area contributed by atoms with Gasteiger partial charge in [-0.15, -0.1) is 0 Å². The zero-order valence-electron chi connectivity index (χ0n) is 74.6. The van der Waals surface area contributed by atoms with Crippen molar-refractivity contribution in [3.05, 3.63) is 339 Å². The maximum atomic E-state index is 14.5. The number of benzene rings is 10. The summed E-state index contributed by atoms with van der Waals surface area (Å²) in [5, 5.41) is 0.386. The molecular formula is C100H92Cl2F8N8O15. The average molecular weight is 1870 g/mol. The van der Waals surface area contributed by atoms with Gasteiger partial charge in [0, 0.05) is 82.8 Å². The van der Waals surface area contributed by atoms with Crippen molar-refractivity contribution in [2.45, 2.75) is 119 Å². The molecule has 0 N–H and O–H groups in total. The molecule has 0 unspecified atom stereocenters. The second-order valence-electron chi connectivity index (χ2n) is 33.2. The Morgan fingerprint density at radius 2 is 0.707 bits per heavy atom. The Morgan fingerprint density at radius 3 is 1.11 bits per heavy atom. The molecular weight excluding hydrogens is 1780 g/mol. The lowest BCUT2D eigenvalue weighted by molar-refractivity contribution is -0.154. The summed E-state index contributed by atoms with van der Waals surface area (Å²) in [5.41, 5.74) is 0.0348. The van der Waals surface area contributed by atoms with E-state index in [1.165, 1.54) is 36.5 Å². The highest BCUT2D eigenvalue weighted by molar-refractivity contribution is 6.40. The van der Waals surface area contributed by atoms with Crippen LogP contribution < -0.4 is 24.3 Å². The lowest BCUT2D eigenvalue weighted by Gasteiger charge is -2.26. The molecule has 12 aromatic rings. The number of nitrogens with zero attached hydrogens (tertiary/aromatic N) is 8. The van der Waals surface area contributed by atoms with Gasteiger partial charge in [0.15, 0.2) is 0 Å². The fourth-order valence-electron chi connectivity index (χ4n) is 12.6. The maximum absolute atomic E-state index is 14.5. The van der Waals surface area contributed by atoms with Crippen LogP contribution in [-0.2, 0) is 49.5 Å². The quantitative estimate of drug-likeness (QED) is 0.0327. The Morgan fingerprint density at radius 1 is 0.361 bits per heavy atom. The van der Waals surface area contributed by atoms with Crippen LogP contribution >= 0.6 is 23.2 Å². The van der Waals surface area contributed by atoms with Gasteiger partial charge in [0.25, 0.3) is 23.6 Å². The van der Waals surface area contributed by atoms with Gasteiger partial charge in [0.1, 0.15) is 136 Å². The summed E-state index contributed by atoms with van der Waals surface area (Å²) < 4.78 is 145. The fourth-order valence-corrected chi connectivity index (χ4v) is 13.2. The van der Waals surface area contributed by atoms with Crippen LogP contribution in [0.25, 0.3) is 33.5 Å². The summed E-state index contributed by atoms with van der Waals surface area (Å²) >= 11 is 12.5. The van der Waals surface area contributed by atoms with Gasteiger partial charge >= 0.3 is 29.8 Å². The van der Waals surface area contributed by atoms with Gasteiger partial charge in [0.05, 0.1) is 34.0 Å². The normalized spacial score (nSPS) is 11.1. The minimum atomic E-state index is -1.41. The molecule has 10 aromatic carbocycles. The van der Waals surface area contributed by atoms with Gasteiger partial charge in [-0.25, -0.2) is 59.9 Å². The molecule has 23 nitrogen and oxygen atoms in total. The molecule has 0 aliphatic heterocycles. The van der Waals surface area contributed by atoms with Crippen molar-refractivity contribution in [2.75, 3.05) is 52.9 Å². The zero-order chi connectivity index (χ0) is 97.6. The van der Waals surface area contributed by atoms with Crippen molar-refractivity contribution in [3.8, 4) is 39.3 Å². The first-order valence-electron chi connectivity index (χ1n) is 40.8. The van der Waals surface area contributed by atoms with Gasteiger partial charge in [-0.05, 0) is 203 Å². The maximum Gasteiger partial charge on any atom is 0.337 e. The summed E-state index contributed by atoms with van der Waals surface area (Å²) in [6.07, 6.45) is 6.05. The summed E-state index contributed by atoms with van der Waals surface area (Å²) in [4.78, 5) is 136. The number of hydrogen-bond donors (Lipinski definition) is 0. The number of amides is 4. The summed E-state index contributed by atoms with van der Waals surface area (Å²) in [5.74, 6) is -16.2. The second kappa shape index (κ2) is 45.3. The minimum Gasteiger partial charge on any atom is -0.489 e. The number of carbonyl (C=O) groups excluding carboxylic acids is 9. The van der Waals surface area contributed by atoms with Crippen LogP contribution in [0.5, 0.6) is 5.75 Å². The van der Waals surface area contributed by atoms with Crippen LogP contribution in [0.4, 0.5) is 57.9 Å².